The van der Waals surface area contributed by atoms with Crippen molar-refractivity contribution in [1.29, 1.82) is 0 Å². The zero-order chi connectivity index (χ0) is 83.6. The molecule has 0 unspecified atom stereocenters. The maximum Gasteiger partial charge on any atom is 0.345 e. The van der Waals surface area contributed by atoms with Crippen LogP contribution in [-0.2, 0) is 64.0 Å². The molecule has 11 atom stereocenters. The van der Waals surface area contributed by atoms with Crippen molar-refractivity contribution >= 4 is 118 Å². The van der Waals surface area contributed by atoms with E-state index in [1.807, 2.05) is 0 Å². The number of fused-ring (bicyclic) bond motifs is 1. The number of aliphatic hydroxyl groups is 1. The van der Waals surface area contributed by atoms with E-state index in [0.29, 0.717) is 37.7 Å². The molecule has 3 aromatic carbocycles. The fourth-order valence-electron chi connectivity index (χ4n) is 12.0. The molecule has 0 spiro atoms. The zero-order valence-corrected chi connectivity index (χ0v) is 65.3. The molecule has 0 aliphatic carbocycles. The van der Waals surface area contributed by atoms with E-state index >= 15 is 4.79 Å². The van der Waals surface area contributed by atoms with Gasteiger partial charge in [-0.15, -0.1) is 0 Å². The number of amides is 13. The molecule has 114 heavy (non-hydrogen) atoms. The standard InChI is InChI=1S/C76H107N21O16S/c1-6-51-66(102)85-36-29-57(71(107)88-55(27-33-79)70(106)93-59(41-45-14-8-7-9-15-45)73(109)92-58(40-43(2)3)72(108)89-54(26-32-78)68(104)87-53(25-31-77)67(103)86-51)90-69(105)56(28-34-80)91-74(110)64(44(4)98)94-63(100)30-38-96(39-37-84-62(99)24-22-50(81)75(111)112)76(113)97-60-42-47(114-61-18-11-10-17-49(61)65(101)82-5)20-21-48(60)52(95-97)23-19-46-16-12-13-35-83-46/h7-21,23,35,42-44,50-51,53-59,64,98H,6,22,24-34,36-41,77-81H2,1-5H3,(H,82,101)(H,84,99)(H,85,102)(H,86,103)(H,87,104)(H,88,107)(H,89,108)(H,90,105)(H,91,110)(H,92,109)(H,93,106)(H,94,100)(H,111,112)/b23-19+/t44-,50+,51+,53+,54+,55+,56+,57+,58+,59-,64+/m1/s1. The molecule has 1 saturated heterocycles. The average molecular weight is 1600 g/mol. The summed E-state index contributed by atoms with van der Waals surface area (Å²) < 4.78 is 1.09. The Kier molecular flexibility index (Phi) is 37.5. The first-order valence-electron chi connectivity index (χ1n) is 37.7. The summed E-state index contributed by atoms with van der Waals surface area (Å²) in [7, 11) is 1.50. The van der Waals surface area contributed by atoms with E-state index in [2.05, 4.69) is 68.8 Å². The number of rotatable bonds is 34. The van der Waals surface area contributed by atoms with Gasteiger partial charge in [-0.1, -0.05) is 81.1 Å². The molecule has 37 nitrogen and oxygen atoms in total. The van der Waals surface area contributed by atoms with Crippen molar-refractivity contribution in [3.8, 4) is 0 Å². The fraction of sp³-hybridized carbons (Fsp3) is 0.474. The lowest BCUT2D eigenvalue weighted by Crippen LogP contribution is -2.61. The molecule has 618 valence electrons. The highest BCUT2D eigenvalue weighted by Crippen LogP contribution is 2.34. The van der Waals surface area contributed by atoms with Crippen molar-refractivity contribution in [2.75, 3.05) is 59.4 Å². The third-order valence-electron chi connectivity index (χ3n) is 18.2. The van der Waals surface area contributed by atoms with Crippen molar-refractivity contribution < 1.29 is 77.3 Å². The molecule has 0 radical (unpaired) electrons. The first-order valence-corrected chi connectivity index (χ1v) is 38.5. The lowest BCUT2D eigenvalue weighted by Gasteiger charge is -2.28. The van der Waals surface area contributed by atoms with Crippen molar-refractivity contribution in [2.45, 2.75) is 175 Å². The molecule has 3 heterocycles. The summed E-state index contributed by atoms with van der Waals surface area (Å²) in [4.78, 5) is 203. The summed E-state index contributed by atoms with van der Waals surface area (Å²) >= 11 is 1.24. The second-order valence-corrected chi connectivity index (χ2v) is 28.6. The number of hydrogen-bond acceptors (Lipinski definition) is 23. The van der Waals surface area contributed by atoms with Gasteiger partial charge in [-0.05, 0) is 151 Å². The van der Waals surface area contributed by atoms with Crippen molar-refractivity contribution in [3.63, 3.8) is 0 Å². The van der Waals surface area contributed by atoms with Crippen LogP contribution in [0.4, 0.5) is 4.79 Å². The van der Waals surface area contributed by atoms with E-state index in [0.717, 1.165) is 4.68 Å². The number of pyridine rings is 1. The monoisotopic (exact) mass is 1600 g/mol. The number of nitrogens with two attached hydrogens (primary N) is 5. The lowest BCUT2D eigenvalue weighted by molar-refractivity contribution is -0.139. The molecule has 0 bridgehead atoms. The average Bonchev–Trinajstić information content (AvgIpc) is 1.55. The number of aliphatic hydroxyl groups excluding tert-OH is 1. The highest BCUT2D eigenvalue weighted by atomic mass is 32.2. The van der Waals surface area contributed by atoms with Gasteiger partial charge in [0.15, 0.2) is 0 Å². The predicted octanol–water partition coefficient (Wildman–Crippen LogP) is -2.56. The summed E-state index contributed by atoms with van der Waals surface area (Å²) in [5.41, 5.74) is 31.6. The number of nitrogens with zero attached hydrogens (tertiary/aromatic N) is 4. The normalized spacial score (nSPS) is 19.4. The molecule has 1 fully saturated rings. The highest BCUT2D eigenvalue weighted by Gasteiger charge is 2.37. The number of carboxylic acid groups (broad SMARTS) is 1. The quantitative estimate of drug-likeness (QED) is 0.0201. The molecule has 24 N–H and O–H groups in total. The van der Waals surface area contributed by atoms with E-state index in [1.165, 1.54) is 30.6 Å². The van der Waals surface area contributed by atoms with Crippen molar-refractivity contribution in [2.24, 2.45) is 34.6 Å². The van der Waals surface area contributed by atoms with Crippen LogP contribution in [0.3, 0.4) is 0 Å². The minimum absolute atomic E-state index is 0.0137. The molecule has 38 heteroatoms. The molecule has 13 amide bonds. The Morgan fingerprint density at radius 3 is 1.85 bits per heavy atom. The Hall–Kier alpha value is -11.3. The van der Waals surface area contributed by atoms with E-state index in [1.54, 1.807) is 130 Å². The molecule has 1 aliphatic rings. The number of carbonyl (C=O) groups excluding carboxylic acids is 13. The van der Waals surface area contributed by atoms with E-state index < -0.39 is 169 Å². The minimum atomic E-state index is -1.83. The summed E-state index contributed by atoms with van der Waals surface area (Å²) in [5.74, 6) is -11.7. The van der Waals surface area contributed by atoms with E-state index in [9.17, 15) is 72.5 Å². The number of carbonyl (C=O) groups is 14. The van der Waals surface area contributed by atoms with Gasteiger partial charge in [-0.3, -0.25) is 67.3 Å². The van der Waals surface area contributed by atoms with Crippen LogP contribution in [0, 0.1) is 5.92 Å². The van der Waals surface area contributed by atoms with Crippen LogP contribution in [0.2, 0.25) is 0 Å². The molecule has 5 aromatic rings. The van der Waals surface area contributed by atoms with Gasteiger partial charge < -0.3 is 108 Å². The van der Waals surface area contributed by atoms with Gasteiger partial charge in [0.1, 0.15) is 60.4 Å². The van der Waals surface area contributed by atoms with Crippen LogP contribution in [0.25, 0.3) is 23.1 Å². The van der Waals surface area contributed by atoms with Crippen LogP contribution in [0.5, 0.6) is 0 Å². The van der Waals surface area contributed by atoms with Gasteiger partial charge >= 0.3 is 12.0 Å². The fourth-order valence-corrected chi connectivity index (χ4v) is 13.0. The smallest absolute Gasteiger partial charge is 0.345 e. The van der Waals surface area contributed by atoms with Gasteiger partial charge in [0.25, 0.3) is 5.91 Å². The van der Waals surface area contributed by atoms with Crippen molar-refractivity contribution in [1.82, 2.24) is 83.5 Å². The Morgan fingerprint density at radius 2 is 1.25 bits per heavy atom. The van der Waals surface area contributed by atoms with Gasteiger partial charge in [0, 0.05) is 73.9 Å². The molecule has 0 saturated carbocycles. The third-order valence-corrected chi connectivity index (χ3v) is 19.3. The number of carboxylic acids is 1. The van der Waals surface area contributed by atoms with Crippen LogP contribution in [0.1, 0.15) is 119 Å². The number of hydrogen-bond donors (Lipinski definition) is 19. The highest BCUT2D eigenvalue weighted by molar-refractivity contribution is 7.99. The van der Waals surface area contributed by atoms with Gasteiger partial charge in [0.05, 0.1) is 28.6 Å². The summed E-state index contributed by atoms with van der Waals surface area (Å²) in [5, 5.41) is 57.0. The van der Waals surface area contributed by atoms with Crippen LogP contribution >= 0.6 is 11.8 Å². The Bertz CT molecular complexity index is 4170. The molecule has 1 aliphatic heterocycles. The number of aliphatic carboxylic acids is 1. The van der Waals surface area contributed by atoms with Crippen LogP contribution in [-0.4, -0.2) is 239 Å². The van der Waals surface area contributed by atoms with E-state index in [4.69, 9.17) is 33.8 Å². The van der Waals surface area contributed by atoms with Gasteiger partial charge in [-0.25, -0.2) is 4.79 Å². The van der Waals surface area contributed by atoms with Crippen LogP contribution in [0.15, 0.2) is 107 Å². The number of benzene rings is 3. The first-order chi connectivity index (χ1) is 54.5. The van der Waals surface area contributed by atoms with Gasteiger partial charge in [-0.2, -0.15) is 9.78 Å². The third kappa shape index (κ3) is 28.4. The lowest BCUT2D eigenvalue weighted by atomic mass is 10.00. The Labute approximate surface area is 663 Å². The second-order valence-electron chi connectivity index (χ2n) is 27.5. The minimum Gasteiger partial charge on any atom is -0.480 e. The number of nitrogens with one attached hydrogen (secondary N) is 12. The van der Waals surface area contributed by atoms with Crippen LogP contribution < -0.4 is 92.5 Å². The Morgan fingerprint density at radius 1 is 0.658 bits per heavy atom. The largest absolute Gasteiger partial charge is 0.480 e. The molecular weight excluding hydrogens is 1500 g/mol. The Balaban J connectivity index is 1.29. The second kappa shape index (κ2) is 46.6. The maximum atomic E-state index is 15.2. The number of aromatic nitrogens is 3. The summed E-state index contributed by atoms with van der Waals surface area (Å²) in [6, 6.07) is 10.3. The maximum absolute atomic E-state index is 15.2. The topological polar surface area (TPSA) is 588 Å². The molecule has 2 aromatic heterocycles. The summed E-state index contributed by atoms with van der Waals surface area (Å²) in [6.07, 6.45) is 0.732. The molecule has 6 rings (SSSR count). The zero-order valence-electron chi connectivity index (χ0n) is 64.4. The first kappa shape index (κ1) is 91.6. The van der Waals surface area contributed by atoms with Crippen molar-refractivity contribution in [3.05, 3.63) is 120 Å². The van der Waals surface area contributed by atoms with Gasteiger partial charge in [0.2, 0.25) is 65.0 Å². The SMILES string of the molecule is CC[C@@H]1NC(=O)[C@H](CCN)NC(=O)[C@H](CCN)NC(=O)[C@H](CC(C)C)NC(=O)[C@@H](Cc2ccccc2)NC(=O)[C@H](CCN)NC(=O)[C@@H](NC(=O)[C@H](CCN)NC(=O)[C@@H](NC(=O)CCN(CCNC(=O)CC[C@H](N)C(=O)O)C(=O)n2nc(/C=C/c3ccccn3)c3ccc(Sc4ccccc4C(=O)NC)cc32)[C@@H](C)O)CCNC1=O. The summed E-state index contributed by atoms with van der Waals surface area (Å²) in [6.45, 7) is 4.20. The van der Waals surface area contributed by atoms with E-state index in [-0.39, 0.29) is 114 Å². The predicted molar refractivity (Wildman–Crippen MR) is 423 cm³/mol. The molecular formula is C76H107N21O16S.